The van der Waals surface area contributed by atoms with Crippen LogP contribution in [0.3, 0.4) is 0 Å². The van der Waals surface area contributed by atoms with Crippen molar-refractivity contribution >= 4 is 21.7 Å². The van der Waals surface area contributed by atoms with Gasteiger partial charge in [0.1, 0.15) is 0 Å². The standard InChI is InChI=1S/C25H22N4O5S/c30-25(33-15-5-11-23-27-24(28-34-23)20-8-4-13-26-17-20)19-7-3-9-21(16-19)35(31,32)29-14-12-18-6-1-2-10-22(18)29/h1-4,6-10,13,16-17H,5,11-12,14-15H2. The molecule has 0 fully saturated rings. The van der Waals surface area contributed by atoms with E-state index < -0.39 is 16.0 Å². The highest BCUT2D eigenvalue weighted by Crippen LogP contribution is 2.32. The minimum absolute atomic E-state index is 0.0532. The number of rotatable bonds is 8. The van der Waals surface area contributed by atoms with E-state index >= 15 is 0 Å². The molecular weight excluding hydrogens is 468 g/mol. The number of fused-ring (bicyclic) bond motifs is 1. The molecule has 10 heteroatoms. The van der Waals surface area contributed by atoms with Gasteiger partial charge in [0.2, 0.25) is 11.7 Å². The minimum atomic E-state index is -3.80. The second-order valence-corrected chi connectivity index (χ2v) is 9.84. The van der Waals surface area contributed by atoms with E-state index in [1.54, 1.807) is 30.6 Å². The maximum atomic E-state index is 13.2. The molecule has 0 amide bonds. The highest BCUT2D eigenvalue weighted by Gasteiger charge is 2.31. The van der Waals surface area contributed by atoms with Gasteiger partial charge in [0.15, 0.2) is 0 Å². The molecule has 0 atom stereocenters. The summed E-state index contributed by atoms with van der Waals surface area (Å²) in [6.07, 6.45) is 4.87. The number of carbonyl (C=O) groups is 1. The molecule has 35 heavy (non-hydrogen) atoms. The Morgan fingerprint density at radius 3 is 2.83 bits per heavy atom. The number of esters is 1. The summed E-state index contributed by atoms with van der Waals surface area (Å²) in [5.41, 5.74) is 2.59. The predicted octanol–water partition coefficient (Wildman–Crippen LogP) is 3.67. The number of aryl methyl sites for hydroxylation is 1. The van der Waals surface area contributed by atoms with Gasteiger partial charge in [-0.1, -0.05) is 29.4 Å². The third-order valence-electron chi connectivity index (χ3n) is 5.66. The first kappa shape index (κ1) is 22.7. The van der Waals surface area contributed by atoms with Gasteiger partial charge in [0, 0.05) is 30.9 Å². The van der Waals surface area contributed by atoms with Gasteiger partial charge in [-0.15, -0.1) is 0 Å². The number of hydrogen-bond acceptors (Lipinski definition) is 8. The zero-order valence-electron chi connectivity index (χ0n) is 18.7. The van der Waals surface area contributed by atoms with Crippen LogP contribution in [0.4, 0.5) is 5.69 Å². The van der Waals surface area contributed by atoms with Gasteiger partial charge in [-0.2, -0.15) is 4.98 Å². The summed E-state index contributed by atoms with van der Waals surface area (Å²) in [7, 11) is -3.80. The van der Waals surface area contributed by atoms with Crippen LogP contribution < -0.4 is 4.31 Å². The summed E-state index contributed by atoms with van der Waals surface area (Å²) in [6.45, 7) is 0.494. The molecule has 1 aliphatic rings. The van der Waals surface area contributed by atoms with Crippen molar-refractivity contribution in [3.8, 4) is 11.4 Å². The Bertz CT molecular complexity index is 1450. The molecule has 2 aromatic heterocycles. The van der Waals surface area contributed by atoms with Gasteiger partial charge in [-0.25, -0.2) is 13.2 Å². The largest absolute Gasteiger partial charge is 0.462 e. The summed E-state index contributed by atoms with van der Waals surface area (Å²) in [4.78, 5) is 21.0. The molecule has 0 N–H and O–H groups in total. The number of anilines is 1. The number of carbonyl (C=O) groups excluding carboxylic acids is 1. The fourth-order valence-corrected chi connectivity index (χ4v) is 5.46. The lowest BCUT2D eigenvalue weighted by Gasteiger charge is -2.19. The van der Waals surface area contributed by atoms with Crippen molar-refractivity contribution in [2.75, 3.05) is 17.5 Å². The van der Waals surface area contributed by atoms with Crippen LogP contribution >= 0.6 is 0 Å². The summed E-state index contributed by atoms with van der Waals surface area (Å²) in [5, 5.41) is 3.93. The normalized spacial score (nSPS) is 13.0. The first-order valence-electron chi connectivity index (χ1n) is 11.1. The first-order chi connectivity index (χ1) is 17.0. The zero-order valence-corrected chi connectivity index (χ0v) is 19.5. The van der Waals surface area contributed by atoms with Crippen LogP contribution in [0.5, 0.6) is 0 Å². The van der Waals surface area contributed by atoms with Crippen LogP contribution in [0.25, 0.3) is 11.4 Å². The van der Waals surface area contributed by atoms with Crippen molar-refractivity contribution in [1.82, 2.24) is 15.1 Å². The first-order valence-corrected chi connectivity index (χ1v) is 12.6. The molecule has 178 valence electrons. The zero-order chi connectivity index (χ0) is 24.3. The Hall–Kier alpha value is -4.05. The van der Waals surface area contributed by atoms with Gasteiger partial charge in [-0.05, 0) is 54.8 Å². The maximum Gasteiger partial charge on any atom is 0.338 e. The summed E-state index contributed by atoms with van der Waals surface area (Å²) < 4.78 is 38.4. The van der Waals surface area contributed by atoms with E-state index in [4.69, 9.17) is 9.26 Å². The second kappa shape index (κ2) is 9.67. The third kappa shape index (κ3) is 4.78. The van der Waals surface area contributed by atoms with Crippen molar-refractivity contribution in [3.63, 3.8) is 0 Å². The Morgan fingerprint density at radius 2 is 1.97 bits per heavy atom. The molecule has 4 aromatic rings. The van der Waals surface area contributed by atoms with E-state index in [1.165, 1.54) is 22.5 Å². The smallest absolute Gasteiger partial charge is 0.338 e. The lowest BCUT2D eigenvalue weighted by molar-refractivity contribution is 0.0498. The molecule has 0 unspecified atom stereocenters. The minimum Gasteiger partial charge on any atom is -0.462 e. The lowest BCUT2D eigenvalue weighted by atomic mass is 10.2. The van der Waals surface area contributed by atoms with Gasteiger partial charge >= 0.3 is 5.97 Å². The summed E-state index contributed by atoms with van der Waals surface area (Å²) in [6, 6.07) is 17.0. The Morgan fingerprint density at radius 1 is 1.09 bits per heavy atom. The van der Waals surface area contributed by atoms with E-state index in [-0.39, 0.29) is 17.1 Å². The highest BCUT2D eigenvalue weighted by atomic mass is 32.2. The topological polar surface area (TPSA) is 115 Å². The molecule has 0 saturated heterocycles. The molecule has 0 spiro atoms. The van der Waals surface area contributed by atoms with Gasteiger partial charge < -0.3 is 9.26 Å². The van der Waals surface area contributed by atoms with Crippen LogP contribution in [0.1, 0.15) is 28.2 Å². The number of sulfonamides is 1. The molecular formula is C25H22N4O5S. The number of ether oxygens (including phenoxy) is 1. The lowest BCUT2D eigenvalue weighted by Crippen LogP contribution is -2.29. The number of para-hydroxylation sites is 1. The van der Waals surface area contributed by atoms with Crippen LogP contribution in [0.15, 0.2) is 82.5 Å². The molecule has 0 aliphatic carbocycles. The van der Waals surface area contributed by atoms with Crippen LogP contribution in [0.2, 0.25) is 0 Å². The van der Waals surface area contributed by atoms with E-state index in [0.29, 0.717) is 43.2 Å². The fraction of sp³-hybridized carbons (Fsp3) is 0.200. The number of benzene rings is 2. The van der Waals surface area contributed by atoms with Gasteiger partial charge in [0.05, 0.1) is 22.8 Å². The number of aromatic nitrogens is 3. The number of hydrogen-bond donors (Lipinski definition) is 0. The van der Waals surface area contributed by atoms with E-state index in [2.05, 4.69) is 15.1 Å². The average Bonchev–Trinajstić information content (AvgIpc) is 3.55. The van der Waals surface area contributed by atoms with Gasteiger partial charge in [0.25, 0.3) is 10.0 Å². The molecule has 3 heterocycles. The molecule has 2 aromatic carbocycles. The molecule has 1 aliphatic heterocycles. The third-order valence-corrected chi connectivity index (χ3v) is 7.47. The van der Waals surface area contributed by atoms with E-state index in [1.807, 2.05) is 24.3 Å². The average molecular weight is 491 g/mol. The molecule has 0 bridgehead atoms. The van der Waals surface area contributed by atoms with Crippen molar-refractivity contribution < 1.29 is 22.5 Å². The van der Waals surface area contributed by atoms with Gasteiger partial charge in [-0.3, -0.25) is 9.29 Å². The Labute approximate surface area is 202 Å². The van der Waals surface area contributed by atoms with Crippen LogP contribution in [-0.4, -0.2) is 42.7 Å². The van der Waals surface area contributed by atoms with Crippen molar-refractivity contribution in [1.29, 1.82) is 0 Å². The second-order valence-electron chi connectivity index (χ2n) is 7.98. The quantitative estimate of drug-likeness (QED) is 0.271. The fourth-order valence-electron chi connectivity index (χ4n) is 3.91. The molecule has 0 radical (unpaired) electrons. The van der Waals surface area contributed by atoms with Crippen molar-refractivity contribution in [3.05, 3.63) is 90.1 Å². The summed E-state index contributed by atoms with van der Waals surface area (Å²) >= 11 is 0. The highest BCUT2D eigenvalue weighted by molar-refractivity contribution is 7.92. The predicted molar refractivity (Wildman–Crippen MR) is 127 cm³/mol. The SMILES string of the molecule is O=C(OCCCc1nc(-c2cccnc2)no1)c1cccc(S(=O)(=O)N2CCc3ccccc32)c1. The number of pyridine rings is 1. The number of nitrogens with zero attached hydrogens (tertiary/aromatic N) is 4. The van der Waals surface area contributed by atoms with Crippen molar-refractivity contribution in [2.45, 2.75) is 24.2 Å². The Kier molecular flexibility index (Phi) is 6.28. The van der Waals surface area contributed by atoms with Crippen molar-refractivity contribution in [2.24, 2.45) is 0 Å². The molecule has 0 saturated carbocycles. The summed E-state index contributed by atoms with van der Waals surface area (Å²) in [5.74, 6) is 0.285. The maximum absolute atomic E-state index is 13.2. The van der Waals surface area contributed by atoms with Crippen LogP contribution in [0, 0.1) is 0 Å². The molecule has 9 nitrogen and oxygen atoms in total. The van der Waals surface area contributed by atoms with E-state index in [0.717, 1.165) is 11.1 Å². The van der Waals surface area contributed by atoms with E-state index in [9.17, 15) is 13.2 Å². The molecule has 5 rings (SSSR count). The van der Waals surface area contributed by atoms with Crippen LogP contribution in [-0.2, 0) is 27.6 Å². The Balaban J connectivity index is 1.19. The monoisotopic (exact) mass is 490 g/mol.